The van der Waals surface area contributed by atoms with Gasteiger partial charge in [-0.3, -0.25) is 9.59 Å². The van der Waals surface area contributed by atoms with Crippen LogP contribution in [0.4, 0.5) is 9.59 Å². The van der Waals surface area contributed by atoms with Crippen LogP contribution in [0, 0.1) is 5.92 Å². The summed E-state index contributed by atoms with van der Waals surface area (Å²) < 4.78 is 15.0. The fourth-order valence-corrected chi connectivity index (χ4v) is 8.46. The van der Waals surface area contributed by atoms with Gasteiger partial charge in [0.25, 0.3) is 0 Å². The smallest absolute Gasteiger partial charge is 0.407 e. The van der Waals surface area contributed by atoms with Gasteiger partial charge in [0.1, 0.15) is 29.4 Å². The van der Waals surface area contributed by atoms with Crippen molar-refractivity contribution < 1.29 is 33.4 Å². The van der Waals surface area contributed by atoms with Gasteiger partial charge >= 0.3 is 12.2 Å². The first kappa shape index (κ1) is 39.5. The molecule has 17 heteroatoms. The summed E-state index contributed by atoms with van der Waals surface area (Å²) >= 11 is 0. The van der Waals surface area contributed by atoms with Gasteiger partial charge in [-0.25, -0.2) is 19.6 Å². The quantitative estimate of drug-likeness (QED) is 0.142. The predicted octanol–water partition coefficient (Wildman–Crippen LogP) is 5.30. The second kappa shape index (κ2) is 17.2. The van der Waals surface area contributed by atoms with Gasteiger partial charge in [0.2, 0.25) is 11.8 Å². The number of methoxy groups -OCH3 is 2. The number of carbonyl (C=O) groups is 4. The van der Waals surface area contributed by atoms with Crippen LogP contribution in [-0.2, 0) is 23.8 Å². The summed E-state index contributed by atoms with van der Waals surface area (Å²) in [5, 5.41) is 16.5. The molecule has 2 aromatic carbocycles. The molecule has 5 aromatic rings. The zero-order valence-corrected chi connectivity index (χ0v) is 33.3. The highest BCUT2D eigenvalue weighted by Crippen LogP contribution is 2.35. The fourth-order valence-electron chi connectivity index (χ4n) is 8.46. The molecule has 0 bridgehead atoms. The van der Waals surface area contributed by atoms with Gasteiger partial charge in [0.05, 0.1) is 55.8 Å². The second-order valence-electron chi connectivity index (χ2n) is 15.2. The van der Waals surface area contributed by atoms with Gasteiger partial charge in [-0.2, -0.15) is 0 Å². The summed E-state index contributed by atoms with van der Waals surface area (Å²) in [4.78, 5) is 70.7. The van der Waals surface area contributed by atoms with E-state index in [0.717, 1.165) is 53.3 Å². The Labute approximate surface area is 340 Å². The molecule has 4 amide bonds. The maximum Gasteiger partial charge on any atom is 0.407 e. The van der Waals surface area contributed by atoms with Crippen LogP contribution in [0.15, 0.2) is 60.9 Å². The number of alkyl carbamates (subject to hydrolysis) is 2. The molecule has 4 N–H and O–H groups in total. The Morgan fingerprint density at radius 2 is 1.27 bits per heavy atom. The van der Waals surface area contributed by atoms with E-state index in [2.05, 4.69) is 64.8 Å². The number of carbonyl (C=O) groups excluding carboxylic acids is 4. The summed E-state index contributed by atoms with van der Waals surface area (Å²) in [6, 6.07) is 14.3. The number of ether oxygens (including phenoxy) is 3. The van der Waals surface area contributed by atoms with Crippen molar-refractivity contribution >= 4 is 34.8 Å². The van der Waals surface area contributed by atoms with Crippen molar-refractivity contribution in [2.75, 3.05) is 40.5 Å². The number of benzene rings is 2. The van der Waals surface area contributed by atoms with E-state index in [1.165, 1.54) is 14.2 Å². The van der Waals surface area contributed by atoms with Crippen molar-refractivity contribution in [1.29, 1.82) is 0 Å². The number of nitrogens with one attached hydrogen (secondary N) is 4. The predicted molar refractivity (Wildman–Crippen MR) is 215 cm³/mol. The van der Waals surface area contributed by atoms with Crippen molar-refractivity contribution in [2.45, 2.75) is 69.6 Å². The van der Waals surface area contributed by atoms with E-state index < -0.39 is 24.3 Å². The maximum atomic E-state index is 14.0. The van der Waals surface area contributed by atoms with E-state index in [1.807, 2.05) is 35.4 Å². The molecule has 0 radical (unpaired) electrons. The number of imidazole rings is 2. The lowest BCUT2D eigenvalue weighted by atomic mass is 9.90. The van der Waals surface area contributed by atoms with E-state index in [0.29, 0.717) is 67.9 Å². The van der Waals surface area contributed by atoms with Crippen LogP contribution in [0.2, 0.25) is 0 Å². The van der Waals surface area contributed by atoms with Crippen LogP contribution in [0.1, 0.15) is 69.2 Å². The fraction of sp³-hybridized carbons (Fsp3) is 0.429. The summed E-state index contributed by atoms with van der Waals surface area (Å²) in [6.07, 6.45) is 6.79. The van der Waals surface area contributed by atoms with Gasteiger partial charge in [0, 0.05) is 37.4 Å². The van der Waals surface area contributed by atoms with Crippen LogP contribution < -0.4 is 10.6 Å². The molecule has 59 heavy (non-hydrogen) atoms. The number of rotatable bonds is 10. The van der Waals surface area contributed by atoms with Gasteiger partial charge in [-0.1, -0.05) is 24.3 Å². The van der Waals surface area contributed by atoms with Crippen LogP contribution in [-0.4, -0.2) is 117 Å². The first-order chi connectivity index (χ1) is 28.7. The molecule has 308 valence electrons. The molecule has 3 aliphatic rings. The lowest BCUT2D eigenvalue weighted by Gasteiger charge is -2.34. The maximum absolute atomic E-state index is 14.0. The lowest BCUT2D eigenvalue weighted by Crippen LogP contribution is -2.53. The van der Waals surface area contributed by atoms with Crippen molar-refractivity contribution in [3.63, 3.8) is 0 Å². The SMILES string of the molecule is COC(=O)N[C@H](C(=O)N1CCC[C@H]1c1ncc(-c2ccc3cc(-c4ccc(-c5cnc([C@@H]6CCCN6C(=O)[C@@H](C)NC(=O)OC)[nH]5)nn4)ccc3c2)[nH]1)C1CCOCC1. The standard InChI is InChI=1S/C42H48N10O7/c1-24(45-41(55)57-2)39(53)51-16-4-6-34(51)38-44-23-33(47-38)31-13-12-30(49-50-31)28-10-8-27-21-29(11-9-26(27)20-28)32-22-43-37(46-32)35-7-5-17-52(35)40(54)36(48-42(56)58-3)25-14-18-59-19-15-25/h8-13,20-25,34-36H,4-7,14-19H2,1-3H3,(H,43,46)(H,44,47)(H,45,55)(H,48,56)/t24-,34+,35+,36+/m1/s1. The van der Waals surface area contributed by atoms with E-state index in [1.54, 1.807) is 18.0 Å². The normalized spacial score (nSPS) is 19.4. The van der Waals surface area contributed by atoms with Gasteiger partial charge in [-0.15, -0.1) is 10.2 Å². The highest BCUT2D eigenvalue weighted by atomic mass is 16.5. The van der Waals surface area contributed by atoms with Crippen molar-refractivity contribution in [3.8, 4) is 33.9 Å². The molecule has 17 nitrogen and oxygen atoms in total. The molecule has 0 unspecified atom stereocenters. The first-order valence-electron chi connectivity index (χ1n) is 20.1. The highest BCUT2D eigenvalue weighted by Gasteiger charge is 2.40. The summed E-state index contributed by atoms with van der Waals surface area (Å²) in [7, 11) is 2.57. The van der Waals surface area contributed by atoms with Crippen LogP contribution in [0.5, 0.6) is 0 Å². The average molecular weight is 805 g/mol. The summed E-state index contributed by atoms with van der Waals surface area (Å²) in [6.45, 7) is 3.90. The molecule has 3 saturated heterocycles. The third-order valence-electron chi connectivity index (χ3n) is 11.6. The van der Waals surface area contributed by atoms with E-state index >= 15 is 0 Å². The van der Waals surface area contributed by atoms with Crippen molar-refractivity contribution in [1.82, 2.24) is 50.6 Å². The lowest BCUT2D eigenvalue weighted by molar-refractivity contribution is -0.137. The van der Waals surface area contributed by atoms with Gasteiger partial charge in [-0.05, 0) is 86.4 Å². The monoisotopic (exact) mass is 804 g/mol. The average Bonchev–Trinajstić information content (AvgIpc) is 4.12. The van der Waals surface area contributed by atoms with Gasteiger partial charge in [0.15, 0.2) is 0 Å². The molecule has 3 aromatic heterocycles. The second-order valence-corrected chi connectivity index (χ2v) is 15.2. The molecular formula is C42H48N10O7. The van der Waals surface area contributed by atoms with E-state index in [-0.39, 0.29) is 29.8 Å². The topological polar surface area (TPSA) is 210 Å². The number of aromatic nitrogens is 6. The molecule has 3 fully saturated rings. The van der Waals surface area contributed by atoms with Gasteiger partial charge < -0.3 is 44.6 Å². The third-order valence-corrected chi connectivity index (χ3v) is 11.6. The summed E-state index contributed by atoms with van der Waals surface area (Å²) in [5.41, 5.74) is 4.76. The highest BCUT2D eigenvalue weighted by molar-refractivity contribution is 5.90. The largest absolute Gasteiger partial charge is 0.453 e. The van der Waals surface area contributed by atoms with Crippen LogP contribution in [0.3, 0.4) is 0 Å². The number of H-pyrrole nitrogens is 2. The molecule has 0 saturated carbocycles. The van der Waals surface area contributed by atoms with E-state index in [9.17, 15) is 19.2 Å². The summed E-state index contributed by atoms with van der Waals surface area (Å²) in [5.74, 6) is 1.02. The minimum absolute atomic E-state index is 0.0340. The number of likely N-dealkylation sites (tertiary alicyclic amines) is 2. The zero-order chi connectivity index (χ0) is 41.0. The number of amides is 4. The number of aromatic amines is 2. The molecule has 8 rings (SSSR count). The number of hydrogen-bond acceptors (Lipinski definition) is 11. The Balaban J connectivity index is 0.934. The Morgan fingerprint density at radius 3 is 1.92 bits per heavy atom. The van der Waals surface area contributed by atoms with Crippen LogP contribution >= 0.6 is 0 Å². The number of hydrogen-bond donors (Lipinski definition) is 4. The minimum Gasteiger partial charge on any atom is -0.453 e. The Hall–Kier alpha value is -6.36. The molecule has 6 heterocycles. The number of nitrogens with zero attached hydrogens (tertiary/aromatic N) is 6. The van der Waals surface area contributed by atoms with Crippen molar-refractivity contribution in [3.05, 3.63) is 72.6 Å². The first-order valence-corrected chi connectivity index (χ1v) is 20.1. The van der Waals surface area contributed by atoms with Crippen LogP contribution in [0.25, 0.3) is 44.7 Å². The Morgan fingerprint density at radius 1 is 0.712 bits per heavy atom. The molecule has 0 spiro atoms. The molecular weight excluding hydrogens is 757 g/mol. The van der Waals surface area contributed by atoms with E-state index in [4.69, 9.17) is 14.5 Å². The number of fused-ring (bicyclic) bond motifs is 1. The zero-order valence-electron chi connectivity index (χ0n) is 33.3. The van der Waals surface area contributed by atoms with Crippen molar-refractivity contribution in [2.24, 2.45) is 5.92 Å². The molecule has 0 aliphatic carbocycles. The minimum atomic E-state index is -0.729. The third kappa shape index (κ3) is 8.32. The Kier molecular flexibility index (Phi) is 11.5. The Bertz CT molecular complexity index is 2320. The molecule has 4 atom stereocenters. The molecule has 3 aliphatic heterocycles.